The van der Waals surface area contributed by atoms with Crippen molar-refractivity contribution >= 4 is 24.2 Å². The molecule has 7 nitrogen and oxygen atoms in total. The summed E-state index contributed by atoms with van der Waals surface area (Å²) < 4.78 is 5.54. The molecule has 0 saturated carbocycles. The van der Waals surface area contributed by atoms with Crippen LogP contribution in [0, 0.1) is 5.92 Å². The molecule has 30 heavy (non-hydrogen) atoms. The highest BCUT2D eigenvalue weighted by Gasteiger charge is 2.26. The van der Waals surface area contributed by atoms with E-state index < -0.39 is 0 Å². The van der Waals surface area contributed by atoms with Gasteiger partial charge in [-0.2, -0.15) is 0 Å². The average Bonchev–Trinajstić information content (AvgIpc) is 3.45. The second-order valence-electron chi connectivity index (χ2n) is 7.93. The standard InChI is InChI=1S/C22H28N4O3.ClH/c27-20(12-18-15-29-22(25-18)17-7-2-1-3-8-17)26-11-5-6-16(14-26)13-24-21(28)19-9-4-10-23-19;/h1-3,7-8,15-16,19,23H,4-6,9-14H2,(H,24,28);1H. The molecule has 2 fully saturated rings. The third-order valence-corrected chi connectivity index (χ3v) is 5.72. The first-order valence-corrected chi connectivity index (χ1v) is 10.5. The number of amides is 2. The number of carbonyl (C=O) groups excluding carboxylic acids is 2. The van der Waals surface area contributed by atoms with Crippen molar-refractivity contribution in [2.75, 3.05) is 26.2 Å². The van der Waals surface area contributed by atoms with Gasteiger partial charge in [0.2, 0.25) is 17.7 Å². The fourth-order valence-electron chi connectivity index (χ4n) is 4.10. The predicted octanol–water partition coefficient (Wildman–Crippen LogP) is 2.41. The van der Waals surface area contributed by atoms with Crippen LogP contribution in [-0.4, -0.2) is 53.9 Å². The van der Waals surface area contributed by atoms with E-state index in [1.807, 2.05) is 35.2 Å². The number of nitrogens with zero attached hydrogens (tertiary/aromatic N) is 2. The van der Waals surface area contributed by atoms with Gasteiger partial charge in [-0.3, -0.25) is 9.59 Å². The molecule has 2 atom stereocenters. The Morgan fingerprint density at radius 1 is 1.20 bits per heavy atom. The van der Waals surface area contributed by atoms with Gasteiger partial charge in [-0.05, 0) is 50.3 Å². The fourth-order valence-corrected chi connectivity index (χ4v) is 4.10. The lowest BCUT2D eigenvalue weighted by Crippen LogP contribution is -2.47. The summed E-state index contributed by atoms with van der Waals surface area (Å²) in [4.78, 5) is 31.3. The highest BCUT2D eigenvalue weighted by Crippen LogP contribution is 2.20. The van der Waals surface area contributed by atoms with Gasteiger partial charge in [0, 0.05) is 25.2 Å². The Hall–Kier alpha value is -2.38. The number of rotatable bonds is 6. The minimum atomic E-state index is -0.0534. The second-order valence-corrected chi connectivity index (χ2v) is 7.93. The Bertz CT molecular complexity index is 836. The molecule has 8 heteroatoms. The molecule has 3 heterocycles. The van der Waals surface area contributed by atoms with Gasteiger partial charge in [-0.1, -0.05) is 18.2 Å². The van der Waals surface area contributed by atoms with Gasteiger partial charge in [0.1, 0.15) is 6.26 Å². The Morgan fingerprint density at radius 2 is 2.03 bits per heavy atom. The van der Waals surface area contributed by atoms with Crippen molar-refractivity contribution in [2.24, 2.45) is 5.92 Å². The van der Waals surface area contributed by atoms with E-state index in [4.69, 9.17) is 4.42 Å². The van der Waals surface area contributed by atoms with Crippen LogP contribution in [-0.2, 0) is 16.0 Å². The molecular weight excluding hydrogens is 404 g/mol. The van der Waals surface area contributed by atoms with E-state index in [1.165, 1.54) is 0 Å². The molecule has 162 valence electrons. The summed E-state index contributed by atoms with van der Waals surface area (Å²) in [5.41, 5.74) is 1.55. The van der Waals surface area contributed by atoms with E-state index >= 15 is 0 Å². The van der Waals surface area contributed by atoms with Crippen LogP contribution in [0.1, 0.15) is 31.4 Å². The van der Waals surface area contributed by atoms with E-state index in [2.05, 4.69) is 15.6 Å². The van der Waals surface area contributed by atoms with Crippen LogP contribution in [0.3, 0.4) is 0 Å². The lowest BCUT2D eigenvalue weighted by Gasteiger charge is -2.33. The highest BCUT2D eigenvalue weighted by molar-refractivity contribution is 5.85. The van der Waals surface area contributed by atoms with E-state index in [1.54, 1.807) is 6.26 Å². The van der Waals surface area contributed by atoms with Crippen LogP contribution in [0.15, 0.2) is 41.0 Å². The second kappa shape index (κ2) is 10.6. The first-order chi connectivity index (χ1) is 14.2. The maximum absolute atomic E-state index is 12.8. The summed E-state index contributed by atoms with van der Waals surface area (Å²) in [6, 6.07) is 9.61. The summed E-state index contributed by atoms with van der Waals surface area (Å²) in [5, 5.41) is 6.28. The minimum absolute atomic E-state index is 0. The molecule has 2 saturated heterocycles. The van der Waals surface area contributed by atoms with Crippen molar-refractivity contribution in [3.63, 3.8) is 0 Å². The van der Waals surface area contributed by atoms with Gasteiger partial charge in [0.15, 0.2) is 0 Å². The molecular formula is C22H29ClN4O3. The number of oxazole rings is 1. The van der Waals surface area contributed by atoms with E-state index in [0.717, 1.165) is 44.3 Å². The molecule has 1 aromatic heterocycles. The summed E-state index contributed by atoms with van der Waals surface area (Å²) in [7, 11) is 0. The van der Waals surface area contributed by atoms with Crippen molar-refractivity contribution in [1.82, 2.24) is 20.5 Å². The van der Waals surface area contributed by atoms with Crippen molar-refractivity contribution in [2.45, 2.75) is 38.1 Å². The monoisotopic (exact) mass is 432 g/mol. The zero-order valence-electron chi connectivity index (χ0n) is 17.0. The van der Waals surface area contributed by atoms with Gasteiger partial charge in [0.05, 0.1) is 18.2 Å². The van der Waals surface area contributed by atoms with E-state index in [-0.39, 0.29) is 36.7 Å². The summed E-state index contributed by atoms with van der Waals surface area (Å²) in [6.07, 6.45) is 5.76. The summed E-state index contributed by atoms with van der Waals surface area (Å²) in [6.45, 7) is 2.98. The van der Waals surface area contributed by atoms with Crippen LogP contribution in [0.5, 0.6) is 0 Å². The third kappa shape index (κ3) is 5.61. The van der Waals surface area contributed by atoms with Crippen LogP contribution >= 0.6 is 12.4 Å². The van der Waals surface area contributed by atoms with Gasteiger partial charge < -0.3 is 20.0 Å². The highest BCUT2D eigenvalue weighted by atomic mass is 35.5. The van der Waals surface area contributed by atoms with Crippen LogP contribution in [0.2, 0.25) is 0 Å². The number of halogens is 1. The third-order valence-electron chi connectivity index (χ3n) is 5.72. The van der Waals surface area contributed by atoms with E-state index in [9.17, 15) is 9.59 Å². The number of aromatic nitrogens is 1. The number of carbonyl (C=O) groups is 2. The molecule has 0 radical (unpaired) electrons. The molecule has 0 bridgehead atoms. The largest absolute Gasteiger partial charge is 0.444 e. The summed E-state index contributed by atoms with van der Waals surface area (Å²) in [5.74, 6) is 0.983. The molecule has 1 aromatic carbocycles. The summed E-state index contributed by atoms with van der Waals surface area (Å²) >= 11 is 0. The SMILES string of the molecule is Cl.O=C(NCC1CCCN(C(=O)Cc2coc(-c3ccccc3)n2)C1)C1CCCN1. The molecule has 0 spiro atoms. The van der Waals surface area contributed by atoms with Crippen molar-refractivity contribution in [3.8, 4) is 11.5 Å². The van der Waals surface area contributed by atoms with Crippen LogP contribution in [0.4, 0.5) is 0 Å². The first kappa shape index (κ1) is 22.3. The molecule has 2 amide bonds. The maximum Gasteiger partial charge on any atom is 0.237 e. The predicted molar refractivity (Wildman–Crippen MR) is 116 cm³/mol. The van der Waals surface area contributed by atoms with Gasteiger partial charge in [-0.15, -0.1) is 12.4 Å². The van der Waals surface area contributed by atoms with E-state index in [0.29, 0.717) is 30.6 Å². The average molecular weight is 433 g/mol. The smallest absolute Gasteiger partial charge is 0.237 e. The number of nitrogens with one attached hydrogen (secondary N) is 2. The lowest BCUT2D eigenvalue weighted by molar-refractivity contribution is -0.132. The van der Waals surface area contributed by atoms with Crippen LogP contribution in [0.25, 0.3) is 11.5 Å². The molecule has 2 aromatic rings. The van der Waals surface area contributed by atoms with Crippen LogP contribution < -0.4 is 10.6 Å². The molecule has 4 rings (SSSR count). The minimum Gasteiger partial charge on any atom is -0.444 e. The molecule has 2 unspecified atom stereocenters. The zero-order chi connectivity index (χ0) is 20.1. The Labute approximate surface area is 183 Å². The number of piperidine rings is 1. The normalized spacial score (nSPS) is 21.1. The zero-order valence-corrected chi connectivity index (χ0v) is 17.8. The van der Waals surface area contributed by atoms with Gasteiger partial charge in [-0.25, -0.2) is 4.98 Å². The lowest BCUT2D eigenvalue weighted by atomic mass is 9.97. The van der Waals surface area contributed by atoms with Crippen molar-refractivity contribution < 1.29 is 14.0 Å². The Balaban J connectivity index is 0.00000256. The maximum atomic E-state index is 12.8. The molecule has 2 aliphatic rings. The molecule has 0 aliphatic carbocycles. The van der Waals surface area contributed by atoms with Crippen molar-refractivity contribution in [1.29, 1.82) is 0 Å². The number of hydrogen-bond acceptors (Lipinski definition) is 5. The topological polar surface area (TPSA) is 87.5 Å². The first-order valence-electron chi connectivity index (χ1n) is 10.5. The molecule has 2 aliphatic heterocycles. The quantitative estimate of drug-likeness (QED) is 0.731. The fraction of sp³-hybridized carbons (Fsp3) is 0.500. The number of hydrogen-bond donors (Lipinski definition) is 2. The van der Waals surface area contributed by atoms with Gasteiger partial charge in [0.25, 0.3) is 0 Å². The Morgan fingerprint density at radius 3 is 2.80 bits per heavy atom. The van der Waals surface area contributed by atoms with Gasteiger partial charge >= 0.3 is 0 Å². The molecule has 2 N–H and O–H groups in total. The number of benzene rings is 1. The Kier molecular flexibility index (Phi) is 7.87. The van der Waals surface area contributed by atoms with Crippen molar-refractivity contribution in [3.05, 3.63) is 42.3 Å². The number of likely N-dealkylation sites (tertiary alicyclic amines) is 1.